The van der Waals surface area contributed by atoms with Crippen molar-refractivity contribution in [1.29, 1.82) is 0 Å². The third-order valence-corrected chi connectivity index (χ3v) is 5.08. The fourth-order valence-corrected chi connectivity index (χ4v) is 3.47. The van der Waals surface area contributed by atoms with Gasteiger partial charge in [-0.25, -0.2) is 4.98 Å². The van der Waals surface area contributed by atoms with Crippen molar-refractivity contribution in [3.05, 3.63) is 45.4 Å². The summed E-state index contributed by atoms with van der Waals surface area (Å²) < 4.78 is 5.28. The van der Waals surface area contributed by atoms with Crippen LogP contribution in [0.5, 0.6) is 0 Å². The molecule has 1 aliphatic rings. The zero-order valence-electron chi connectivity index (χ0n) is 14.7. The highest BCUT2D eigenvalue weighted by atomic mass is 32.1. The first-order valence-electron chi connectivity index (χ1n) is 8.52. The van der Waals surface area contributed by atoms with Gasteiger partial charge in [0.2, 0.25) is 0 Å². The molecule has 1 aliphatic heterocycles. The third-order valence-electron chi connectivity index (χ3n) is 4.17. The van der Waals surface area contributed by atoms with Crippen molar-refractivity contribution in [1.82, 2.24) is 9.88 Å². The number of morpholine rings is 1. The number of aryl methyl sites for hydroxylation is 1. The molecule has 1 fully saturated rings. The monoisotopic (exact) mass is 374 g/mol. The normalized spacial score (nSPS) is 14.3. The maximum Gasteiger partial charge on any atom is 0.275 e. The molecule has 0 aliphatic carbocycles. The van der Waals surface area contributed by atoms with Crippen molar-refractivity contribution in [2.75, 3.05) is 38.2 Å². The first-order chi connectivity index (χ1) is 12.6. The van der Waals surface area contributed by atoms with Gasteiger partial charge in [0.15, 0.2) is 0 Å². The van der Waals surface area contributed by atoms with E-state index in [1.54, 1.807) is 22.4 Å². The van der Waals surface area contributed by atoms with E-state index < -0.39 is 0 Å². The van der Waals surface area contributed by atoms with Gasteiger partial charge in [-0.3, -0.25) is 9.59 Å². The molecule has 0 radical (unpaired) electrons. The van der Waals surface area contributed by atoms with Gasteiger partial charge in [-0.1, -0.05) is 6.07 Å². The Morgan fingerprint density at radius 2 is 2.12 bits per heavy atom. The van der Waals surface area contributed by atoms with Crippen molar-refractivity contribution in [3.8, 4) is 0 Å². The molecular weight excluding hydrogens is 352 g/mol. The zero-order chi connectivity index (χ0) is 18.5. The maximum absolute atomic E-state index is 12.6. The van der Waals surface area contributed by atoms with E-state index >= 15 is 0 Å². The molecule has 1 aromatic heterocycles. The highest BCUT2D eigenvalue weighted by Gasteiger charge is 2.20. The predicted octanol–water partition coefficient (Wildman–Crippen LogP) is 1.68. The number of rotatable bonds is 5. The molecule has 0 unspecified atom stereocenters. The number of ether oxygens (including phenoxy) is 1. The first-order valence-corrected chi connectivity index (χ1v) is 9.40. The maximum atomic E-state index is 12.6. The fourth-order valence-electron chi connectivity index (χ4n) is 2.68. The second kappa shape index (κ2) is 8.39. The first kappa shape index (κ1) is 18.5. The largest absolute Gasteiger partial charge is 0.378 e. The Bertz CT molecular complexity index is 799. The summed E-state index contributed by atoms with van der Waals surface area (Å²) in [6, 6.07) is 5.34. The van der Waals surface area contributed by atoms with Crippen molar-refractivity contribution in [2.45, 2.75) is 13.3 Å². The minimum Gasteiger partial charge on any atom is -0.378 e. The molecule has 1 aromatic carbocycles. The second-order valence-electron chi connectivity index (χ2n) is 6.05. The van der Waals surface area contributed by atoms with Gasteiger partial charge in [0.1, 0.15) is 5.69 Å². The minimum absolute atomic E-state index is 0.0531. The summed E-state index contributed by atoms with van der Waals surface area (Å²) in [5, 5.41) is 5.42. The topological polar surface area (TPSA) is 97.5 Å². The van der Waals surface area contributed by atoms with Crippen LogP contribution in [0.1, 0.15) is 31.4 Å². The van der Waals surface area contributed by atoms with Crippen LogP contribution < -0.4 is 11.1 Å². The number of nitrogens with one attached hydrogen (secondary N) is 1. The van der Waals surface area contributed by atoms with Crippen LogP contribution in [-0.2, 0) is 11.2 Å². The lowest BCUT2D eigenvalue weighted by Crippen LogP contribution is -2.40. The number of aromatic nitrogens is 1. The van der Waals surface area contributed by atoms with E-state index in [0.717, 1.165) is 10.6 Å². The molecule has 2 amide bonds. The molecule has 0 saturated carbocycles. The lowest BCUT2D eigenvalue weighted by Gasteiger charge is -2.27. The Hall–Kier alpha value is -2.29. The van der Waals surface area contributed by atoms with Crippen LogP contribution in [0.15, 0.2) is 23.6 Å². The van der Waals surface area contributed by atoms with Gasteiger partial charge in [0.05, 0.1) is 18.2 Å². The second-order valence-corrected chi connectivity index (χ2v) is 7.00. The summed E-state index contributed by atoms with van der Waals surface area (Å²) in [5.74, 6) is -0.341. The van der Waals surface area contributed by atoms with E-state index in [9.17, 15) is 9.59 Å². The van der Waals surface area contributed by atoms with Gasteiger partial charge in [-0.2, -0.15) is 0 Å². The Labute approximate surface area is 156 Å². The Kier molecular flexibility index (Phi) is 5.97. The van der Waals surface area contributed by atoms with Crippen LogP contribution >= 0.6 is 11.3 Å². The molecule has 1 saturated heterocycles. The van der Waals surface area contributed by atoms with E-state index in [-0.39, 0.29) is 11.8 Å². The van der Waals surface area contributed by atoms with Crippen molar-refractivity contribution >= 4 is 28.8 Å². The summed E-state index contributed by atoms with van der Waals surface area (Å²) in [5.41, 5.74) is 7.93. The van der Waals surface area contributed by atoms with E-state index in [0.29, 0.717) is 56.2 Å². The summed E-state index contributed by atoms with van der Waals surface area (Å²) in [6.07, 6.45) is 0.653. The molecule has 0 spiro atoms. The molecule has 7 nitrogen and oxygen atoms in total. The molecule has 0 atom stereocenters. The van der Waals surface area contributed by atoms with Crippen LogP contribution in [0.4, 0.5) is 5.69 Å². The van der Waals surface area contributed by atoms with Gasteiger partial charge in [-0.05, 0) is 31.2 Å². The number of carbonyl (C=O) groups excluding carboxylic acids is 2. The van der Waals surface area contributed by atoms with Gasteiger partial charge in [0.25, 0.3) is 11.8 Å². The number of benzene rings is 1. The summed E-state index contributed by atoms with van der Waals surface area (Å²) in [4.78, 5) is 31.1. The molecular formula is C18H22N4O3S. The molecule has 26 heavy (non-hydrogen) atoms. The van der Waals surface area contributed by atoms with Gasteiger partial charge < -0.3 is 20.7 Å². The van der Waals surface area contributed by atoms with E-state index in [2.05, 4.69) is 10.3 Å². The fraction of sp³-hybridized carbons (Fsp3) is 0.389. The molecule has 3 rings (SSSR count). The highest BCUT2D eigenvalue weighted by molar-refractivity contribution is 7.09. The van der Waals surface area contributed by atoms with Crippen LogP contribution in [0.25, 0.3) is 0 Å². The smallest absolute Gasteiger partial charge is 0.275 e. The average Bonchev–Trinajstić information content (AvgIpc) is 3.13. The summed E-state index contributed by atoms with van der Waals surface area (Å²) >= 11 is 1.42. The Balaban J connectivity index is 1.74. The predicted molar refractivity (Wildman–Crippen MR) is 101 cm³/mol. The lowest BCUT2D eigenvalue weighted by molar-refractivity contribution is 0.0303. The van der Waals surface area contributed by atoms with Crippen LogP contribution in [0.3, 0.4) is 0 Å². The Morgan fingerprint density at radius 3 is 2.85 bits per heavy atom. The molecule has 2 aromatic rings. The molecule has 138 valence electrons. The molecule has 3 N–H and O–H groups in total. The third kappa shape index (κ3) is 4.27. The number of nitrogens with zero attached hydrogens (tertiary/aromatic N) is 2. The summed E-state index contributed by atoms with van der Waals surface area (Å²) in [7, 11) is 0. The summed E-state index contributed by atoms with van der Waals surface area (Å²) in [6.45, 7) is 4.65. The van der Waals surface area contributed by atoms with Gasteiger partial charge in [-0.15, -0.1) is 11.3 Å². The van der Waals surface area contributed by atoms with Crippen molar-refractivity contribution in [3.63, 3.8) is 0 Å². The standard InChI is InChI=1S/C18H22N4O3S/c1-12-2-3-13(18(24)22-6-8-25-9-7-22)10-14(12)21-17(23)15-11-26-16(20-15)4-5-19/h2-3,10-11H,4-9,19H2,1H3,(H,21,23). The number of hydrogen-bond acceptors (Lipinski definition) is 6. The van der Waals surface area contributed by atoms with Gasteiger partial charge >= 0.3 is 0 Å². The number of nitrogens with two attached hydrogens (primary N) is 1. The average molecular weight is 374 g/mol. The number of carbonyl (C=O) groups is 2. The molecule has 2 heterocycles. The van der Waals surface area contributed by atoms with Crippen LogP contribution in [0, 0.1) is 6.92 Å². The van der Waals surface area contributed by atoms with Gasteiger partial charge in [0, 0.05) is 36.1 Å². The molecule has 8 heteroatoms. The minimum atomic E-state index is -0.288. The van der Waals surface area contributed by atoms with Crippen LogP contribution in [-0.4, -0.2) is 54.5 Å². The quantitative estimate of drug-likeness (QED) is 0.830. The number of hydrogen-bond donors (Lipinski definition) is 2. The van der Waals surface area contributed by atoms with E-state index in [1.807, 2.05) is 13.0 Å². The van der Waals surface area contributed by atoms with Crippen LogP contribution in [0.2, 0.25) is 0 Å². The number of thiazole rings is 1. The van der Waals surface area contributed by atoms with Crippen molar-refractivity contribution in [2.24, 2.45) is 5.73 Å². The van der Waals surface area contributed by atoms with E-state index in [4.69, 9.17) is 10.5 Å². The molecule has 0 bridgehead atoms. The SMILES string of the molecule is Cc1ccc(C(=O)N2CCOCC2)cc1NC(=O)c1csc(CCN)n1. The van der Waals surface area contributed by atoms with Crippen molar-refractivity contribution < 1.29 is 14.3 Å². The zero-order valence-corrected chi connectivity index (χ0v) is 15.5. The Morgan fingerprint density at radius 1 is 1.35 bits per heavy atom. The number of amides is 2. The number of anilines is 1. The highest BCUT2D eigenvalue weighted by Crippen LogP contribution is 2.20. The lowest BCUT2D eigenvalue weighted by atomic mass is 10.1. The van der Waals surface area contributed by atoms with E-state index in [1.165, 1.54) is 11.3 Å².